The molecule has 0 spiro atoms. The monoisotopic (exact) mass is 317 g/mol. The number of ether oxygens (including phenoxy) is 1. The van der Waals surface area contributed by atoms with Crippen molar-refractivity contribution in [1.82, 2.24) is 10.1 Å². The van der Waals surface area contributed by atoms with Crippen LogP contribution in [-0.2, 0) is 6.54 Å². The number of amides is 2. The van der Waals surface area contributed by atoms with Crippen LogP contribution in [0.15, 0.2) is 22.7 Å². The standard InChI is InChI=1S/C17H23N3O3/c1-6-22-16-9-11(2)7-8-15(16)18-17(21)20(5)10-14-12(3)19-23-13(14)4/h7-9H,6,10H2,1-5H3,(H,18,21). The molecule has 124 valence electrons. The molecule has 0 saturated carbocycles. The summed E-state index contributed by atoms with van der Waals surface area (Å²) in [5.74, 6) is 1.40. The Morgan fingerprint density at radius 1 is 1.35 bits per heavy atom. The Balaban J connectivity index is 2.09. The van der Waals surface area contributed by atoms with Gasteiger partial charge in [-0.3, -0.25) is 0 Å². The van der Waals surface area contributed by atoms with Gasteiger partial charge in [-0.15, -0.1) is 0 Å². The number of urea groups is 1. The van der Waals surface area contributed by atoms with Crippen LogP contribution in [0.1, 0.15) is 29.5 Å². The largest absolute Gasteiger partial charge is 0.492 e. The highest BCUT2D eigenvalue weighted by Crippen LogP contribution is 2.26. The number of benzene rings is 1. The van der Waals surface area contributed by atoms with E-state index in [4.69, 9.17) is 9.26 Å². The van der Waals surface area contributed by atoms with Crippen molar-refractivity contribution >= 4 is 11.7 Å². The number of aryl methyl sites for hydroxylation is 3. The molecule has 1 aromatic carbocycles. The summed E-state index contributed by atoms with van der Waals surface area (Å²) >= 11 is 0. The number of carbonyl (C=O) groups is 1. The zero-order valence-electron chi connectivity index (χ0n) is 14.3. The van der Waals surface area contributed by atoms with Crippen molar-refractivity contribution in [3.05, 3.63) is 40.8 Å². The van der Waals surface area contributed by atoms with E-state index in [0.717, 1.165) is 22.6 Å². The van der Waals surface area contributed by atoms with Gasteiger partial charge in [-0.05, 0) is 45.4 Å². The zero-order chi connectivity index (χ0) is 17.0. The van der Waals surface area contributed by atoms with Gasteiger partial charge >= 0.3 is 6.03 Å². The molecule has 0 fully saturated rings. The fraction of sp³-hybridized carbons (Fsp3) is 0.412. The maximum atomic E-state index is 12.4. The molecule has 23 heavy (non-hydrogen) atoms. The first-order valence-corrected chi connectivity index (χ1v) is 7.59. The van der Waals surface area contributed by atoms with Crippen molar-refractivity contribution in [2.75, 3.05) is 19.0 Å². The van der Waals surface area contributed by atoms with E-state index < -0.39 is 0 Å². The molecule has 1 aromatic heterocycles. The van der Waals surface area contributed by atoms with Gasteiger partial charge in [0.25, 0.3) is 0 Å². The quantitative estimate of drug-likeness (QED) is 0.913. The summed E-state index contributed by atoms with van der Waals surface area (Å²) in [6.07, 6.45) is 0. The minimum Gasteiger partial charge on any atom is -0.492 e. The minimum atomic E-state index is -0.213. The number of hydrogen-bond acceptors (Lipinski definition) is 4. The molecule has 0 unspecified atom stereocenters. The highest BCUT2D eigenvalue weighted by Gasteiger charge is 2.16. The molecule has 0 saturated heterocycles. The Morgan fingerprint density at radius 3 is 2.70 bits per heavy atom. The van der Waals surface area contributed by atoms with E-state index in [0.29, 0.717) is 24.6 Å². The number of aromatic nitrogens is 1. The summed E-state index contributed by atoms with van der Waals surface area (Å²) < 4.78 is 10.7. The average Bonchev–Trinajstić information content (AvgIpc) is 2.82. The molecule has 0 aliphatic rings. The Kier molecular flexibility index (Phi) is 5.26. The number of rotatable bonds is 5. The fourth-order valence-corrected chi connectivity index (χ4v) is 2.25. The number of hydrogen-bond donors (Lipinski definition) is 1. The Hall–Kier alpha value is -2.50. The lowest BCUT2D eigenvalue weighted by atomic mass is 10.2. The molecule has 1 heterocycles. The second kappa shape index (κ2) is 7.17. The summed E-state index contributed by atoms with van der Waals surface area (Å²) in [4.78, 5) is 14.0. The number of carbonyl (C=O) groups excluding carboxylic acids is 1. The molecule has 6 heteroatoms. The smallest absolute Gasteiger partial charge is 0.321 e. The van der Waals surface area contributed by atoms with Crippen molar-refractivity contribution in [3.8, 4) is 5.75 Å². The van der Waals surface area contributed by atoms with Crippen LogP contribution in [-0.4, -0.2) is 29.7 Å². The molecule has 0 radical (unpaired) electrons. The van der Waals surface area contributed by atoms with Crippen LogP contribution >= 0.6 is 0 Å². The molecule has 0 bridgehead atoms. The van der Waals surface area contributed by atoms with E-state index in [9.17, 15) is 4.79 Å². The first-order valence-electron chi connectivity index (χ1n) is 7.59. The maximum Gasteiger partial charge on any atom is 0.321 e. The van der Waals surface area contributed by atoms with Crippen molar-refractivity contribution in [2.45, 2.75) is 34.2 Å². The third kappa shape index (κ3) is 4.03. The summed E-state index contributed by atoms with van der Waals surface area (Å²) in [5.41, 5.74) is 3.47. The topological polar surface area (TPSA) is 67.6 Å². The molecule has 0 atom stereocenters. The third-order valence-corrected chi connectivity index (χ3v) is 3.60. The minimum absolute atomic E-state index is 0.213. The van der Waals surface area contributed by atoms with E-state index in [1.165, 1.54) is 0 Å². The van der Waals surface area contributed by atoms with Crippen LogP contribution in [0, 0.1) is 20.8 Å². The molecule has 0 aliphatic carbocycles. The van der Waals surface area contributed by atoms with Gasteiger partial charge in [0, 0.05) is 12.6 Å². The second-order valence-electron chi connectivity index (χ2n) is 5.52. The third-order valence-electron chi connectivity index (χ3n) is 3.60. The van der Waals surface area contributed by atoms with Gasteiger partial charge in [0.05, 0.1) is 24.5 Å². The number of anilines is 1. The van der Waals surface area contributed by atoms with Gasteiger partial charge < -0.3 is 19.5 Å². The number of nitrogens with zero attached hydrogens (tertiary/aromatic N) is 2. The molecule has 2 aromatic rings. The van der Waals surface area contributed by atoms with Gasteiger partial charge in [0.2, 0.25) is 0 Å². The van der Waals surface area contributed by atoms with E-state index in [2.05, 4.69) is 10.5 Å². The lowest BCUT2D eigenvalue weighted by molar-refractivity contribution is 0.220. The van der Waals surface area contributed by atoms with E-state index in [1.807, 2.05) is 45.9 Å². The molecular weight excluding hydrogens is 294 g/mol. The SMILES string of the molecule is CCOc1cc(C)ccc1NC(=O)N(C)Cc1c(C)noc1C. The molecular formula is C17H23N3O3. The Morgan fingerprint density at radius 2 is 2.09 bits per heavy atom. The summed E-state index contributed by atoms with van der Waals surface area (Å²) in [6.45, 7) is 8.58. The summed E-state index contributed by atoms with van der Waals surface area (Å²) in [6, 6.07) is 5.48. The van der Waals surface area contributed by atoms with Crippen molar-refractivity contribution in [1.29, 1.82) is 0 Å². The van der Waals surface area contributed by atoms with E-state index in [1.54, 1.807) is 11.9 Å². The predicted octanol–water partition coefficient (Wildman–Crippen LogP) is 3.66. The van der Waals surface area contributed by atoms with Gasteiger partial charge in [-0.2, -0.15) is 0 Å². The normalized spacial score (nSPS) is 10.5. The lowest BCUT2D eigenvalue weighted by Gasteiger charge is -2.19. The molecule has 2 rings (SSSR count). The fourth-order valence-electron chi connectivity index (χ4n) is 2.25. The lowest BCUT2D eigenvalue weighted by Crippen LogP contribution is -2.31. The molecule has 1 N–H and O–H groups in total. The Bertz CT molecular complexity index is 675. The zero-order valence-corrected chi connectivity index (χ0v) is 14.3. The van der Waals surface area contributed by atoms with Crippen LogP contribution in [0.25, 0.3) is 0 Å². The van der Waals surface area contributed by atoms with Crippen LogP contribution in [0.2, 0.25) is 0 Å². The van der Waals surface area contributed by atoms with Gasteiger partial charge in [-0.1, -0.05) is 11.2 Å². The first-order chi connectivity index (χ1) is 10.9. The van der Waals surface area contributed by atoms with Gasteiger partial charge in [-0.25, -0.2) is 4.79 Å². The van der Waals surface area contributed by atoms with Gasteiger partial charge in [0.1, 0.15) is 11.5 Å². The van der Waals surface area contributed by atoms with Gasteiger partial charge in [0.15, 0.2) is 0 Å². The highest BCUT2D eigenvalue weighted by molar-refractivity contribution is 5.90. The molecule has 0 aliphatic heterocycles. The summed E-state index contributed by atoms with van der Waals surface area (Å²) in [7, 11) is 1.73. The van der Waals surface area contributed by atoms with Crippen LogP contribution in [0.5, 0.6) is 5.75 Å². The van der Waals surface area contributed by atoms with Crippen LogP contribution < -0.4 is 10.1 Å². The maximum absolute atomic E-state index is 12.4. The highest BCUT2D eigenvalue weighted by atomic mass is 16.5. The predicted molar refractivity (Wildman–Crippen MR) is 88.8 cm³/mol. The first kappa shape index (κ1) is 16.9. The van der Waals surface area contributed by atoms with Crippen LogP contribution in [0.3, 0.4) is 0 Å². The van der Waals surface area contributed by atoms with Crippen LogP contribution in [0.4, 0.5) is 10.5 Å². The molecule has 2 amide bonds. The van der Waals surface area contributed by atoms with Crippen molar-refractivity contribution in [3.63, 3.8) is 0 Å². The summed E-state index contributed by atoms with van der Waals surface area (Å²) in [5, 5.41) is 6.79. The second-order valence-corrected chi connectivity index (χ2v) is 5.52. The van der Waals surface area contributed by atoms with Crippen molar-refractivity contribution in [2.24, 2.45) is 0 Å². The van der Waals surface area contributed by atoms with E-state index in [-0.39, 0.29) is 6.03 Å². The van der Waals surface area contributed by atoms with Crippen molar-refractivity contribution < 1.29 is 14.1 Å². The average molecular weight is 317 g/mol. The van der Waals surface area contributed by atoms with E-state index >= 15 is 0 Å². The number of nitrogens with one attached hydrogen (secondary N) is 1. The molecule has 6 nitrogen and oxygen atoms in total. The Labute approximate surface area is 136 Å².